The summed E-state index contributed by atoms with van der Waals surface area (Å²) in [6.07, 6.45) is 2.65. The van der Waals surface area contributed by atoms with Crippen LogP contribution in [0.25, 0.3) is 16.7 Å². The second kappa shape index (κ2) is 5.31. The van der Waals surface area contributed by atoms with Crippen molar-refractivity contribution >= 4 is 32.5 Å². The number of nitrogens with zero attached hydrogens (tertiary/aromatic N) is 3. The van der Waals surface area contributed by atoms with Gasteiger partial charge < -0.3 is 4.74 Å². The fraction of sp³-hybridized carbons (Fsp3) is 0.267. The molecule has 0 N–H and O–H groups in total. The molecule has 0 aliphatic carbocycles. The number of hydrogen-bond acceptors (Lipinski definition) is 6. The lowest BCUT2D eigenvalue weighted by atomic mass is 10.3. The molecule has 7 nitrogen and oxygen atoms in total. The molecule has 0 bridgehead atoms. The molecule has 8 heteroatoms. The lowest BCUT2D eigenvalue weighted by Gasteiger charge is -2.05. The van der Waals surface area contributed by atoms with Crippen LogP contribution in [0.1, 0.15) is 23.1 Å². The monoisotopic (exact) mass is 333 g/mol. The predicted octanol–water partition coefficient (Wildman–Crippen LogP) is 1.77. The minimum atomic E-state index is -3.31. The van der Waals surface area contributed by atoms with Crippen molar-refractivity contribution in [2.75, 3.05) is 12.9 Å². The maximum Gasteiger partial charge on any atom is 0.358 e. The molecule has 3 rings (SSSR count). The minimum Gasteiger partial charge on any atom is -0.461 e. The van der Waals surface area contributed by atoms with Crippen molar-refractivity contribution in [1.82, 2.24) is 14.4 Å². The Bertz CT molecular complexity index is 1040. The molecule has 0 amide bonds. The van der Waals surface area contributed by atoms with E-state index in [-0.39, 0.29) is 17.2 Å². The van der Waals surface area contributed by atoms with Gasteiger partial charge >= 0.3 is 5.97 Å². The van der Waals surface area contributed by atoms with Gasteiger partial charge in [-0.15, -0.1) is 0 Å². The van der Waals surface area contributed by atoms with Crippen molar-refractivity contribution in [2.45, 2.75) is 18.7 Å². The van der Waals surface area contributed by atoms with E-state index in [4.69, 9.17) is 4.74 Å². The van der Waals surface area contributed by atoms with Gasteiger partial charge in [0, 0.05) is 6.26 Å². The topological polar surface area (TPSA) is 90.6 Å². The maximum absolute atomic E-state index is 12.0. The number of esters is 1. The molecular weight excluding hydrogens is 318 g/mol. The van der Waals surface area contributed by atoms with E-state index in [9.17, 15) is 13.2 Å². The summed E-state index contributed by atoms with van der Waals surface area (Å²) in [6.45, 7) is 3.76. The number of aromatic nitrogens is 3. The highest BCUT2D eigenvalue weighted by Gasteiger charge is 2.19. The first-order valence-electron chi connectivity index (χ1n) is 6.98. The maximum atomic E-state index is 12.0. The number of fused-ring (bicyclic) bond motifs is 3. The highest BCUT2D eigenvalue weighted by Crippen LogP contribution is 2.22. The van der Waals surface area contributed by atoms with Crippen LogP contribution in [0.5, 0.6) is 0 Å². The van der Waals surface area contributed by atoms with Gasteiger partial charge in [0.1, 0.15) is 0 Å². The quantitative estimate of drug-likeness (QED) is 0.679. The summed E-state index contributed by atoms with van der Waals surface area (Å²) in [5.74, 6) is -0.491. The Morgan fingerprint density at radius 2 is 2.09 bits per heavy atom. The van der Waals surface area contributed by atoms with Gasteiger partial charge in [0.25, 0.3) is 0 Å². The zero-order valence-corrected chi connectivity index (χ0v) is 13.7. The van der Waals surface area contributed by atoms with Crippen molar-refractivity contribution < 1.29 is 17.9 Å². The van der Waals surface area contributed by atoms with E-state index in [1.807, 2.05) is 0 Å². The Kier molecular flexibility index (Phi) is 3.56. The Morgan fingerprint density at radius 1 is 1.35 bits per heavy atom. The molecule has 3 aromatic rings. The zero-order valence-electron chi connectivity index (χ0n) is 12.9. The number of imidazole rings is 1. The molecule has 0 aliphatic heterocycles. The Labute approximate surface area is 132 Å². The molecule has 0 radical (unpaired) electrons. The van der Waals surface area contributed by atoms with Crippen molar-refractivity contribution in [2.24, 2.45) is 0 Å². The van der Waals surface area contributed by atoms with Gasteiger partial charge in [0.05, 0.1) is 34.4 Å². The van der Waals surface area contributed by atoms with Crippen LogP contribution in [-0.4, -0.2) is 41.6 Å². The summed E-state index contributed by atoms with van der Waals surface area (Å²) in [5, 5.41) is 0. The molecular formula is C15H15N3O4S. The Hall–Kier alpha value is -2.48. The van der Waals surface area contributed by atoms with Gasteiger partial charge in [-0.05, 0) is 32.0 Å². The fourth-order valence-electron chi connectivity index (χ4n) is 2.46. The van der Waals surface area contributed by atoms with Crippen LogP contribution < -0.4 is 0 Å². The molecule has 1 aromatic carbocycles. The second-order valence-corrected chi connectivity index (χ2v) is 7.16. The molecule has 0 aliphatic rings. The molecule has 0 saturated heterocycles. The molecule has 2 aromatic heterocycles. The number of hydrogen-bond donors (Lipinski definition) is 0. The number of sulfone groups is 1. The Morgan fingerprint density at radius 3 is 2.74 bits per heavy atom. The summed E-state index contributed by atoms with van der Waals surface area (Å²) < 4.78 is 30.1. The van der Waals surface area contributed by atoms with Gasteiger partial charge in [-0.1, -0.05) is 0 Å². The van der Waals surface area contributed by atoms with E-state index < -0.39 is 15.8 Å². The van der Waals surface area contributed by atoms with E-state index in [1.165, 1.54) is 18.3 Å². The Balaban J connectivity index is 2.29. The first-order valence-corrected chi connectivity index (χ1v) is 8.87. The third-order valence-corrected chi connectivity index (χ3v) is 4.65. The van der Waals surface area contributed by atoms with Gasteiger partial charge in [0.15, 0.2) is 21.2 Å². The number of benzene rings is 1. The first kappa shape index (κ1) is 15.4. The largest absolute Gasteiger partial charge is 0.461 e. The summed E-state index contributed by atoms with van der Waals surface area (Å²) in [5.41, 5.74) is 2.54. The average molecular weight is 333 g/mol. The van der Waals surface area contributed by atoms with Crippen LogP contribution in [0.15, 0.2) is 29.3 Å². The summed E-state index contributed by atoms with van der Waals surface area (Å²) in [6, 6.07) is 4.69. The summed E-state index contributed by atoms with van der Waals surface area (Å²) in [7, 11) is -3.31. The highest BCUT2D eigenvalue weighted by molar-refractivity contribution is 7.90. The van der Waals surface area contributed by atoms with Gasteiger partial charge in [-0.3, -0.25) is 9.38 Å². The van der Waals surface area contributed by atoms with E-state index in [0.717, 1.165) is 6.26 Å². The SMILES string of the molecule is CCOC(=O)c1nc2cnc3cc(S(C)(=O)=O)ccc3n2c1C. The number of carbonyl (C=O) groups excluding carboxylic acids is 1. The minimum absolute atomic E-state index is 0.195. The van der Waals surface area contributed by atoms with E-state index >= 15 is 0 Å². The molecule has 0 saturated carbocycles. The zero-order chi connectivity index (χ0) is 16.8. The molecule has 23 heavy (non-hydrogen) atoms. The normalized spacial score (nSPS) is 12.0. The molecule has 0 unspecified atom stereocenters. The van der Waals surface area contributed by atoms with Crippen molar-refractivity contribution in [1.29, 1.82) is 0 Å². The predicted molar refractivity (Wildman–Crippen MR) is 84.3 cm³/mol. The smallest absolute Gasteiger partial charge is 0.358 e. The summed E-state index contributed by atoms with van der Waals surface area (Å²) in [4.78, 5) is 20.7. The number of ether oxygens (including phenoxy) is 1. The third kappa shape index (κ3) is 2.55. The van der Waals surface area contributed by atoms with Gasteiger partial charge in [-0.2, -0.15) is 0 Å². The molecule has 0 fully saturated rings. The average Bonchev–Trinajstić information content (AvgIpc) is 2.83. The van der Waals surface area contributed by atoms with E-state index in [0.29, 0.717) is 22.4 Å². The number of aryl methyl sites for hydroxylation is 1. The van der Waals surface area contributed by atoms with Gasteiger partial charge in [-0.25, -0.2) is 18.2 Å². The lowest BCUT2D eigenvalue weighted by Crippen LogP contribution is -2.07. The fourth-order valence-corrected chi connectivity index (χ4v) is 3.10. The lowest BCUT2D eigenvalue weighted by molar-refractivity contribution is 0.0519. The van der Waals surface area contributed by atoms with Crippen LogP contribution in [0.2, 0.25) is 0 Å². The number of rotatable bonds is 3. The standard InChI is InChI=1S/C15H15N3O4S/c1-4-22-15(19)14-9(2)18-12-6-5-10(23(3,20)21)7-11(12)16-8-13(18)17-14/h5-8H,4H2,1-3H3. The summed E-state index contributed by atoms with van der Waals surface area (Å²) >= 11 is 0. The van der Waals surface area contributed by atoms with Crippen LogP contribution in [0.3, 0.4) is 0 Å². The number of carbonyl (C=O) groups is 1. The van der Waals surface area contributed by atoms with Crippen LogP contribution >= 0.6 is 0 Å². The van der Waals surface area contributed by atoms with E-state index in [2.05, 4.69) is 9.97 Å². The molecule has 120 valence electrons. The van der Waals surface area contributed by atoms with Crippen molar-refractivity contribution in [3.8, 4) is 0 Å². The van der Waals surface area contributed by atoms with Crippen LogP contribution in [0, 0.1) is 6.92 Å². The van der Waals surface area contributed by atoms with Crippen molar-refractivity contribution in [3.05, 3.63) is 35.8 Å². The highest BCUT2D eigenvalue weighted by atomic mass is 32.2. The van der Waals surface area contributed by atoms with Crippen molar-refractivity contribution in [3.63, 3.8) is 0 Å². The molecule has 2 heterocycles. The molecule has 0 spiro atoms. The van der Waals surface area contributed by atoms with E-state index in [1.54, 1.807) is 24.3 Å². The first-order chi connectivity index (χ1) is 10.8. The molecule has 0 atom stereocenters. The third-order valence-electron chi connectivity index (χ3n) is 3.54. The van der Waals surface area contributed by atoms with Gasteiger partial charge in [0.2, 0.25) is 0 Å². The van der Waals surface area contributed by atoms with Crippen LogP contribution in [0.4, 0.5) is 0 Å². The second-order valence-electron chi connectivity index (χ2n) is 5.14. The van der Waals surface area contributed by atoms with Crippen LogP contribution in [-0.2, 0) is 14.6 Å².